The lowest BCUT2D eigenvalue weighted by atomic mass is 10.1. The van der Waals surface area contributed by atoms with Gasteiger partial charge in [-0.15, -0.1) is 0 Å². The summed E-state index contributed by atoms with van der Waals surface area (Å²) in [6.45, 7) is 1.46. The van der Waals surface area contributed by atoms with Crippen LogP contribution < -0.4 is 0 Å². The van der Waals surface area contributed by atoms with Crippen molar-refractivity contribution in [3.63, 3.8) is 0 Å². The monoisotopic (exact) mass is 372 g/mol. The van der Waals surface area contributed by atoms with Crippen LogP contribution in [0.2, 0.25) is 0 Å². The first-order valence-corrected chi connectivity index (χ1v) is 8.06. The Morgan fingerprint density at radius 2 is 1.90 bits per heavy atom. The largest absolute Gasteiger partial charge is 0.293 e. The molecular weight excluding hydrogens is 362 g/mol. The quantitative estimate of drug-likeness (QED) is 0.756. The van der Waals surface area contributed by atoms with Crippen molar-refractivity contribution in [1.29, 1.82) is 0 Å². The fraction of sp³-hybridized carbons (Fsp3) is 0.133. The zero-order valence-corrected chi connectivity index (χ0v) is 13.4. The van der Waals surface area contributed by atoms with Crippen LogP contribution in [0, 0.1) is 11.6 Å². The van der Waals surface area contributed by atoms with Gasteiger partial charge in [0.1, 0.15) is 11.6 Å². The fourth-order valence-corrected chi connectivity index (χ4v) is 3.54. The molecule has 0 spiro atoms. The van der Waals surface area contributed by atoms with Crippen molar-refractivity contribution in [1.82, 2.24) is 0 Å². The maximum absolute atomic E-state index is 13.6. The van der Waals surface area contributed by atoms with Crippen molar-refractivity contribution in [3.8, 4) is 0 Å². The van der Waals surface area contributed by atoms with Crippen molar-refractivity contribution < 1.29 is 17.8 Å². The van der Waals surface area contributed by atoms with Crippen molar-refractivity contribution in [3.05, 3.63) is 64.1 Å². The van der Waals surface area contributed by atoms with Crippen LogP contribution in [0.15, 0.2) is 51.8 Å². The topological polar surface area (TPSA) is 34.1 Å². The van der Waals surface area contributed by atoms with E-state index in [-0.39, 0.29) is 5.56 Å². The molecule has 21 heavy (non-hydrogen) atoms. The van der Waals surface area contributed by atoms with E-state index < -0.39 is 33.5 Å². The highest BCUT2D eigenvalue weighted by Gasteiger charge is 2.25. The molecule has 2 aromatic rings. The summed E-state index contributed by atoms with van der Waals surface area (Å²) in [7, 11) is -1.62. The van der Waals surface area contributed by atoms with Gasteiger partial charge in [0.15, 0.2) is 5.78 Å². The normalized spacial score (nSPS) is 13.7. The molecule has 0 fully saturated rings. The number of benzene rings is 2. The average molecular weight is 373 g/mol. The van der Waals surface area contributed by atoms with E-state index >= 15 is 0 Å². The molecule has 0 N–H and O–H groups in total. The van der Waals surface area contributed by atoms with Gasteiger partial charge in [-0.25, -0.2) is 8.78 Å². The molecule has 2 aromatic carbocycles. The molecule has 2 rings (SSSR count). The molecule has 0 amide bonds. The smallest absolute Gasteiger partial charge is 0.181 e. The Labute approximate surface area is 131 Å². The molecule has 0 heterocycles. The third-order valence-corrected chi connectivity index (χ3v) is 4.98. The van der Waals surface area contributed by atoms with Gasteiger partial charge >= 0.3 is 0 Å². The van der Waals surface area contributed by atoms with Crippen molar-refractivity contribution in [2.75, 3.05) is 0 Å². The van der Waals surface area contributed by atoms with E-state index in [1.807, 2.05) is 0 Å². The third kappa shape index (κ3) is 3.63. The summed E-state index contributed by atoms with van der Waals surface area (Å²) < 4.78 is 39.6. The van der Waals surface area contributed by atoms with Gasteiger partial charge in [0.25, 0.3) is 0 Å². The minimum absolute atomic E-state index is 0.257. The Morgan fingerprint density at radius 1 is 1.19 bits per heavy atom. The second-order valence-electron chi connectivity index (χ2n) is 4.39. The highest BCUT2D eigenvalue weighted by atomic mass is 79.9. The van der Waals surface area contributed by atoms with Crippen LogP contribution in [0.3, 0.4) is 0 Å². The van der Waals surface area contributed by atoms with Gasteiger partial charge < -0.3 is 0 Å². The molecule has 0 aliphatic rings. The second kappa shape index (κ2) is 6.58. The predicted molar refractivity (Wildman–Crippen MR) is 80.7 cm³/mol. The van der Waals surface area contributed by atoms with Gasteiger partial charge in [0.2, 0.25) is 0 Å². The molecule has 0 aliphatic heterocycles. The fourth-order valence-electron chi connectivity index (χ4n) is 1.80. The Kier molecular flexibility index (Phi) is 5.00. The lowest BCUT2D eigenvalue weighted by Crippen LogP contribution is -2.23. The molecule has 0 radical (unpaired) electrons. The Hall–Kier alpha value is -1.40. The van der Waals surface area contributed by atoms with Gasteiger partial charge in [-0.2, -0.15) is 0 Å². The van der Waals surface area contributed by atoms with Crippen LogP contribution in [0.1, 0.15) is 17.3 Å². The van der Waals surface area contributed by atoms with Gasteiger partial charge in [-0.3, -0.25) is 9.00 Å². The van der Waals surface area contributed by atoms with Gasteiger partial charge in [0, 0.05) is 15.4 Å². The minimum Gasteiger partial charge on any atom is -0.293 e. The van der Waals surface area contributed by atoms with Crippen LogP contribution in [-0.2, 0) is 10.8 Å². The van der Waals surface area contributed by atoms with E-state index in [0.717, 1.165) is 16.6 Å². The molecule has 0 bridgehead atoms. The number of hydrogen-bond donors (Lipinski definition) is 0. The predicted octanol–water partition coefficient (Wildman–Crippen LogP) is 4.11. The highest BCUT2D eigenvalue weighted by Crippen LogP contribution is 2.20. The summed E-state index contributed by atoms with van der Waals surface area (Å²) in [6, 6.07) is 9.46. The summed E-state index contributed by atoms with van der Waals surface area (Å²) in [4.78, 5) is 12.7. The zero-order chi connectivity index (χ0) is 15.6. The Balaban J connectivity index is 2.28. The SMILES string of the molecule is CC(C(=O)c1ccc(F)cc1F)S(=O)c1cccc(Br)c1. The van der Waals surface area contributed by atoms with E-state index in [4.69, 9.17) is 0 Å². The van der Waals surface area contributed by atoms with Crippen LogP contribution >= 0.6 is 15.9 Å². The molecule has 110 valence electrons. The van der Waals surface area contributed by atoms with E-state index in [2.05, 4.69) is 15.9 Å². The van der Waals surface area contributed by atoms with Crippen LogP contribution in [0.5, 0.6) is 0 Å². The van der Waals surface area contributed by atoms with E-state index in [1.165, 1.54) is 6.92 Å². The number of Topliss-reactive ketones (excluding diaryl/α,β-unsaturated/α-hetero) is 1. The lowest BCUT2D eigenvalue weighted by Gasteiger charge is -2.11. The standard InChI is InChI=1S/C15H11BrF2O2S/c1-9(21(20)12-4-2-3-10(16)7-12)15(19)13-6-5-11(17)8-14(13)18/h2-9H,1H3. The van der Waals surface area contributed by atoms with Crippen molar-refractivity contribution >= 4 is 32.5 Å². The number of carbonyl (C=O) groups excluding carboxylic acids is 1. The van der Waals surface area contributed by atoms with Crippen molar-refractivity contribution in [2.45, 2.75) is 17.1 Å². The zero-order valence-electron chi connectivity index (χ0n) is 11.0. The molecule has 0 aromatic heterocycles. The number of halogens is 3. The van der Waals surface area contributed by atoms with Gasteiger partial charge in [-0.1, -0.05) is 22.0 Å². The molecule has 2 atom stereocenters. The van der Waals surface area contributed by atoms with Crippen LogP contribution in [0.4, 0.5) is 8.78 Å². The molecule has 0 aliphatic carbocycles. The lowest BCUT2D eigenvalue weighted by molar-refractivity contribution is 0.0988. The van der Waals surface area contributed by atoms with Crippen LogP contribution in [0.25, 0.3) is 0 Å². The third-order valence-electron chi connectivity index (χ3n) is 2.92. The first-order valence-electron chi connectivity index (χ1n) is 6.05. The first-order chi connectivity index (χ1) is 9.90. The molecule has 6 heteroatoms. The molecule has 0 saturated carbocycles. The van der Waals surface area contributed by atoms with E-state index in [9.17, 15) is 17.8 Å². The maximum Gasteiger partial charge on any atom is 0.181 e. The number of ketones is 1. The average Bonchev–Trinajstić information content (AvgIpc) is 2.45. The number of hydrogen-bond acceptors (Lipinski definition) is 2. The molecule has 0 saturated heterocycles. The summed E-state index contributed by atoms with van der Waals surface area (Å²) >= 11 is 3.26. The first kappa shape index (κ1) is 16.0. The van der Waals surface area contributed by atoms with E-state index in [0.29, 0.717) is 11.0 Å². The molecular formula is C15H11BrF2O2S. The van der Waals surface area contributed by atoms with Crippen LogP contribution in [-0.4, -0.2) is 15.2 Å². The maximum atomic E-state index is 13.6. The Morgan fingerprint density at radius 3 is 2.52 bits per heavy atom. The van der Waals surface area contributed by atoms with Gasteiger partial charge in [0.05, 0.1) is 21.6 Å². The van der Waals surface area contributed by atoms with Gasteiger partial charge in [-0.05, 0) is 37.3 Å². The summed E-state index contributed by atoms with van der Waals surface area (Å²) in [5.74, 6) is -2.33. The minimum atomic E-state index is -1.62. The molecule has 2 unspecified atom stereocenters. The number of rotatable bonds is 4. The Bertz CT molecular complexity index is 719. The van der Waals surface area contributed by atoms with E-state index in [1.54, 1.807) is 24.3 Å². The summed E-state index contributed by atoms with van der Waals surface area (Å²) in [5.41, 5.74) is -0.257. The molecule has 2 nitrogen and oxygen atoms in total. The highest BCUT2D eigenvalue weighted by molar-refractivity contribution is 9.10. The van der Waals surface area contributed by atoms with Crippen molar-refractivity contribution in [2.24, 2.45) is 0 Å². The number of carbonyl (C=O) groups is 1. The summed E-state index contributed by atoms with van der Waals surface area (Å²) in [5, 5.41) is -0.931. The second-order valence-corrected chi connectivity index (χ2v) is 7.07. The summed E-state index contributed by atoms with van der Waals surface area (Å²) in [6.07, 6.45) is 0.